The summed E-state index contributed by atoms with van der Waals surface area (Å²) in [5, 5.41) is 21.6. The molecule has 9 nitrogen and oxygen atoms in total. The number of amides is 1. The highest BCUT2D eigenvalue weighted by Crippen LogP contribution is 2.53. The number of alkyl halides is 3. The van der Waals surface area contributed by atoms with Gasteiger partial charge in [-0.15, -0.1) is 10.2 Å². The van der Waals surface area contributed by atoms with Gasteiger partial charge < -0.3 is 9.88 Å². The van der Waals surface area contributed by atoms with Crippen LogP contribution in [-0.4, -0.2) is 49.7 Å². The second kappa shape index (κ2) is 11.7. The third kappa shape index (κ3) is 6.16. The van der Waals surface area contributed by atoms with E-state index >= 15 is 0 Å². The van der Waals surface area contributed by atoms with Crippen LogP contribution in [0.25, 0.3) is 22.5 Å². The van der Waals surface area contributed by atoms with Gasteiger partial charge in [0.1, 0.15) is 18.0 Å². The van der Waals surface area contributed by atoms with Gasteiger partial charge in [-0.3, -0.25) is 14.6 Å². The van der Waals surface area contributed by atoms with E-state index in [4.69, 9.17) is 4.98 Å². The number of aryl methyl sites for hydroxylation is 1. The number of aromatic nitrogens is 4. The summed E-state index contributed by atoms with van der Waals surface area (Å²) in [7, 11) is 1.82. The lowest BCUT2D eigenvalue weighted by molar-refractivity contribution is -0.138. The molecule has 1 saturated heterocycles. The number of rotatable bonds is 9. The monoisotopic (exact) mass is 666 g/mol. The van der Waals surface area contributed by atoms with Gasteiger partial charge in [0.25, 0.3) is 5.91 Å². The van der Waals surface area contributed by atoms with Gasteiger partial charge >= 0.3 is 6.18 Å². The maximum Gasteiger partial charge on any atom is 0.416 e. The quantitative estimate of drug-likeness (QED) is 0.202. The zero-order valence-corrected chi connectivity index (χ0v) is 27.5. The Labute approximate surface area is 282 Å². The first-order valence-electron chi connectivity index (χ1n) is 16.9. The molecular formula is C37H37F3N8O. The molecule has 252 valence electrons. The lowest BCUT2D eigenvalue weighted by Gasteiger charge is -2.21. The van der Waals surface area contributed by atoms with Crippen LogP contribution in [0.4, 0.5) is 24.8 Å². The molecule has 3 fully saturated rings. The third-order valence-electron chi connectivity index (χ3n) is 10.6. The van der Waals surface area contributed by atoms with E-state index in [9.17, 15) is 23.2 Å². The number of fused-ring (bicyclic) bond motifs is 1. The van der Waals surface area contributed by atoms with Crippen LogP contribution < -0.4 is 10.2 Å². The summed E-state index contributed by atoms with van der Waals surface area (Å²) in [4.78, 5) is 22.5. The fraction of sp³-hybridized carbons (Fsp3) is 0.432. The number of hydrogen-bond donors (Lipinski definition) is 1. The molecule has 1 N–H and O–H groups in total. The molecule has 0 unspecified atom stereocenters. The van der Waals surface area contributed by atoms with Crippen molar-refractivity contribution in [2.24, 2.45) is 18.4 Å². The zero-order chi connectivity index (χ0) is 34.1. The van der Waals surface area contributed by atoms with Crippen LogP contribution in [0.15, 0.2) is 48.8 Å². The Morgan fingerprint density at radius 1 is 1.08 bits per heavy atom. The molecule has 2 aromatic heterocycles. The first-order valence-corrected chi connectivity index (χ1v) is 16.9. The minimum absolute atomic E-state index is 0.0311. The van der Waals surface area contributed by atoms with E-state index in [1.165, 1.54) is 36.6 Å². The Morgan fingerprint density at radius 2 is 1.90 bits per heavy atom. The van der Waals surface area contributed by atoms with Gasteiger partial charge in [-0.1, -0.05) is 12.8 Å². The van der Waals surface area contributed by atoms with E-state index < -0.39 is 17.6 Å². The van der Waals surface area contributed by atoms with Crippen molar-refractivity contribution >= 4 is 17.5 Å². The van der Waals surface area contributed by atoms with Crippen LogP contribution in [-0.2, 0) is 26.3 Å². The average Bonchev–Trinajstić information content (AvgIpc) is 3.91. The molecule has 2 aliphatic carbocycles. The Kier molecular flexibility index (Phi) is 7.52. The number of carbonyl (C=O) groups excluding carboxylic acids is 1. The highest BCUT2D eigenvalue weighted by atomic mass is 19.4. The summed E-state index contributed by atoms with van der Waals surface area (Å²) in [6, 6.07) is 14.0. The Bertz CT molecular complexity index is 2010. The van der Waals surface area contributed by atoms with Crippen LogP contribution in [0.5, 0.6) is 0 Å². The highest BCUT2D eigenvalue weighted by Gasteiger charge is 2.48. The molecule has 4 aliphatic rings. The second-order valence-corrected chi connectivity index (χ2v) is 14.5. The summed E-state index contributed by atoms with van der Waals surface area (Å²) in [5.74, 6) is 1.45. The average molecular weight is 667 g/mol. The molecule has 2 saturated carbocycles. The topological polar surface area (TPSA) is 103 Å². The van der Waals surface area contributed by atoms with Gasteiger partial charge in [-0.2, -0.15) is 18.4 Å². The van der Waals surface area contributed by atoms with Crippen molar-refractivity contribution in [1.82, 2.24) is 24.6 Å². The number of carbonyl (C=O) groups is 1. The van der Waals surface area contributed by atoms with Crippen molar-refractivity contribution in [3.8, 4) is 28.6 Å². The van der Waals surface area contributed by atoms with E-state index in [1.807, 2.05) is 13.1 Å². The molecule has 2 aliphatic heterocycles. The normalized spacial score (nSPS) is 18.9. The first kappa shape index (κ1) is 31.5. The van der Waals surface area contributed by atoms with Crippen LogP contribution in [0.3, 0.4) is 0 Å². The van der Waals surface area contributed by atoms with E-state index in [0.717, 1.165) is 25.9 Å². The third-order valence-corrected chi connectivity index (χ3v) is 10.6. The smallest absolute Gasteiger partial charge is 0.368 e. The molecule has 12 heteroatoms. The van der Waals surface area contributed by atoms with Crippen molar-refractivity contribution in [1.29, 1.82) is 5.26 Å². The Hall–Kier alpha value is -4.76. The lowest BCUT2D eigenvalue weighted by Crippen LogP contribution is -2.25. The maximum absolute atomic E-state index is 14.6. The molecule has 4 aromatic rings. The molecule has 8 rings (SSSR count). The summed E-state index contributed by atoms with van der Waals surface area (Å²) < 4.78 is 45.6. The van der Waals surface area contributed by atoms with Gasteiger partial charge in [-0.25, -0.2) is 4.98 Å². The molecule has 2 aromatic carbocycles. The van der Waals surface area contributed by atoms with Crippen LogP contribution >= 0.6 is 0 Å². The lowest BCUT2D eigenvalue weighted by atomic mass is 9.97. The van der Waals surface area contributed by atoms with Gasteiger partial charge in [0, 0.05) is 37.3 Å². The molecular weight excluding hydrogens is 629 g/mol. The van der Waals surface area contributed by atoms with Crippen LogP contribution in [0, 0.1) is 22.7 Å². The van der Waals surface area contributed by atoms with Gasteiger partial charge in [-0.05, 0) is 115 Å². The summed E-state index contributed by atoms with van der Waals surface area (Å²) in [6.07, 6.45) is 3.73. The number of hydrogen-bond acceptors (Lipinski definition) is 7. The van der Waals surface area contributed by atoms with Crippen molar-refractivity contribution in [3.63, 3.8) is 0 Å². The molecule has 4 heterocycles. The molecule has 1 atom stereocenters. The fourth-order valence-electron chi connectivity index (χ4n) is 7.63. The Morgan fingerprint density at radius 3 is 2.57 bits per heavy atom. The SMILES string of the molecule is C[C@@H](CC1CC1)Nc1cc(-c2cc(C#N)ccc2-c2nncn2C)cc(N2Cc3c(cc(CN4CCC5(CC5)C4)cc3C(F)(F)F)C2=O)n1. The number of nitriles is 1. The van der Waals surface area contributed by atoms with Crippen molar-refractivity contribution in [2.45, 2.75) is 70.8 Å². The van der Waals surface area contributed by atoms with Gasteiger partial charge in [0.15, 0.2) is 5.82 Å². The largest absolute Gasteiger partial charge is 0.416 e. The predicted octanol–water partition coefficient (Wildman–Crippen LogP) is 7.18. The van der Waals surface area contributed by atoms with Crippen LogP contribution in [0.1, 0.15) is 78.1 Å². The van der Waals surface area contributed by atoms with E-state index in [2.05, 4.69) is 33.4 Å². The highest BCUT2D eigenvalue weighted by molar-refractivity contribution is 6.10. The summed E-state index contributed by atoms with van der Waals surface area (Å²) >= 11 is 0. The van der Waals surface area contributed by atoms with Crippen molar-refractivity contribution in [3.05, 3.63) is 76.6 Å². The van der Waals surface area contributed by atoms with Gasteiger partial charge in [0.05, 0.1) is 23.7 Å². The van der Waals surface area contributed by atoms with E-state index in [-0.39, 0.29) is 29.5 Å². The van der Waals surface area contributed by atoms with Crippen LogP contribution in [0.2, 0.25) is 0 Å². The number of halogens is 3. The van der Waals surface area contributed by atoms with Crippen molar-refractivity contribution < 1.29 is 18.0 Å². The summed E-state index contributed by atoms with van der Waals surface area (Å²) in [5.41, 5.74) is 2.55. The molecule has 0 bridgehead atoms. The molecule has 1 spiro atoms. The number of benzene rings is 2. The molecule has 49 heavy (non-hydrogen) atoms. The summed E-state index contributed by atoms with van der Waals surface area (Å²) in [6.45, 7) is 3.95. The van der Waals surface area contributed by atoms with E-state index in [1.54, 1.807) is 41.2 Å². The minimum Gasteiger partial charge on any atom is -0.368 e. The zero-order valence-electron chi connectivity index (χ0n) is 27.5. The first-order chi connectivity index (χ1) is 23.5. The fourth-order valence-corrected chi connectivity index (χ4v) is 7.63. The Balaban J connectivity index is 1.20. The molecule has 0 radical (unpaired) electrons. The number of nitrogens with one attached hydrogen (secondary N) is 1. The molecule has 1 amide bonds. The number of pyridine rings is 1. The van der Waals surface area contributed by atoms with Gasteiger partial charge in [0.2, 0.25) is 0 Å². The number of anilines is 2. The number of likely N-dealkylation sites (tertiary alicyclic amines) is 1. The minimum atomic E-state index is -4.62. The van der Waals surface area contributed by atoms with Crippen molar-refractivity contribution in [2.75, 3.05) is 23.3 Å². The predicted molar refractivity (Wildman–Crippen MR) is 178 cm³/mol. The standard InChI is InChI=1S/C37H37F3N8O/c1-22(11-23-3-4-23)43-32-15-26(28-12-24(17-41)5-6-27(28)34-45-42-21-46(34)2)16-33(44-32)48-19-30-29(35(48)49)13-25(14-31(30)37(38,39)40)18-47-10-9-36(20-47)7-8-36/h5-6,12-16,21-23H,3-4,7-11,18-20H2,1-2H3,(H,43,44)/t22-/m0/s1. The maximum atomic E-state index is 14.6. The van der Waals surface area contributed by atoms with E-state index in [0.29, 0.717) is 57.3 Å². The second-order valence-electron chi connectivity index (χ2n) is 14.5. The number of nitrogens with zero attached hydrogens (tertiary/aromatic N) is 7.